The molecule has 1 aliphatic heterocycles. The summed E-state index contributed by atoms with van der Waals surface area (Å²) in [5.41, 5.74) is 5.79. The van der Waals surface area contributed by atoms with Crippen molar-refractivity contribution in [2.75, 3.05) is 11.5 Å². The molecule has 1 atom stereocenters. The average Bonchev–Trinajstić information content (AvgIpc) is 3.49. The van der Waals surface area contributed by atoms with Crippen LogP contribution in [-0.4, -0.2) is 51.6 Å². The van der Waals surface area contributed by atoms with Gasteiger partial charge in [-0.25, -0.2) is 23.1 Å². The van der Waals surface area contributed by atoms with E-state index >= 15 is 0 Å². The predicted molar refractivity (Wildman–Crippen MR) is 123 cm³/mol. The maximum atomic E-state index is 13.1. The van der Waals surface area contributed by atoms with E-state index in [2.05, 4.69) is 33.6 Å². The van der Waals surface area contributed by atoms with Crippen LogP contribution >= 0.6 is 0 Å². The molecule has 1 saturated carbocycles. The summed E-state index contributed by atoms with van der Waals surface area (Å²) in [5, 5.41) is 7.41. The van der Waals surface area contributed by atoms with Crippen molar-refractivity contribution in [1.29, 1.82) is 0 Å². The molecule has 6 rings (SSSR count). The summed E-state index contributed by atoms with van der Waals surface area (Å²) in [4.78, 5) is 22.6. The van der Waals surface area contributed by atoms with Gasteiger partial charge in [0.1, 0.15) is 0 Å². The molecule has 2 aromatic heterocycles. The van der Waals surface area contributed by atoms with E-state index in [9.17, 15) is 13.2 Å². The zero-order valence-corrected chi connectivity index (χ0v) is 19.0. The van der Waals surface area contributed by atoms with Crippen LogP contribution in [0.2, 0.25) is 0 Å². The van der Waals surface area contributed by atoms with E-state index in [1.54, 1.807) is 10.9 Å². The van der Waals surface area contributed by atoms with Crippen LogP contribution in [0.4, 0.5) is 0 Å². The van der Waals surface area contributed by atoms with Gasteiger partial charge in [0.05, 0.1) is 34.7 Å². The van der Waals surface area contributed by atoms with Crippen LogP contribution in [0.1, 0.15) is 58.8 Å². The van der Waals surface area contributed by atoms with Crippen molar-refractivity contribution in [3.05, 3.63) is 59.0 Å². The van der Waals surface area contributed by atoms with E-state index in [-0.39, 0.29) is 29.4 Å². The second-order valence-corrected chi connectivity index (χ2v) is 11.5. The monoisotopic (exact) mass is 463 g/mol. The Kier molecular flexibility index (Phi) is 4.83. The number of aryl methyl sites for hydroxylation is 2. The number of aromatic nitrogens is 4. The molecule has 3 aliphatic rings. The van der Waals surface area contributed by atoms with Crippen LogP contribution in [0.3, 0.4) is 0 Å². The number of nitrogens with one attached hydrogen (secondary N) is 1. The number of sulfone groups is 1. The molecule has 33 heavy (non-hydrogen) atoms. The van der Waals surface area contributed by atoms with Crippen molar-refractivity contribution >= 4 is 15.7 Å². The molecule has 2 fully saturated rings. The van der Waals surface area contributed by atoms with Crippen molar-refractivity contribution in [2.24, 2.45) is 0 Å². The maximum absolute atomic E-state index is 13.1. The van der Waals surface area contributed by atoms with Gasteiger partial charge in [-0.15, -0.1) is 0 Å². The van der Waals surface area contributed by atoms with E-state index in [1.807, 2.05) is 12.3 Å². The number of nitrogens with zero attached hydrogens (tertiary/aromatic N) is 4. The topological polar surface area (TPSA) is 107 Å². The van der Waals surface area contributed by atoms with E-state index in [0.29, 0.717) is 17.9 Å². The SMILES string of the molecule is O=C(N[C@@H]1CCS(=O)(=O)C1)c1cnn(-c2ncc3c(n2)-c2ccccc2CCC3)c1C1CC1. The summed E-state index contributed by atoms with van der Waals surface area (Å²) in [6, 6.07) is 8.01. The van der Waals surface area contributed by atoms with Crippen molar-refractivity contribution in [3.63, 3.8) is 0 Å². The Balaban J connectivity index is 1.37. The first-order valence-electron chi connectivity index (χ1n) is 11.5. The number of carbonyl (C=O) groups is 1. The number of rotatable bonds is 4. The van der Waals surface area contributed by atoms with Gasteiger partial charge in [-0.3, -0.25) is 4.79 Å². The number of benzene rings is 1. The first kappa shape index (κ1) is 20.5. The van der Waals surface area contributed by atoms with Crippen LogP contribution in [0.5, 0.6) is 0 Å². The molecule has 8 nitrogen and oxygen atoms in total. The molecule has 1 amide bonds. The molecular weight excluding hydrogens is 438 g/mol. The molecule has 3 aromatic rings. The lowest BCUT2D eigenvalue weighted by atomic mass is 10.0. The molecule has 1 aromatic carbocycles. The molecule has 9 heteroatoms. The number of hydrogen-bond acceptors (Lipinski definition) is 6. The Labute approximate surface area is 192 Å². The summed E-state index contributed by atoms with van der Waals surface area (Å²) < 4.78 is 25.3. The van der Waals surface area contributed by atoms with Crippen LogP contribution in [0, 0.1) is 0 Å². The Morgan fingerprint density at radius 2 is 1.88 bits per heavy atom. The Morgan fingerprint density at radius 3 is 2.67 bits per heavy atom. The van der Waals surface area contributed by atoms with Crippen molar-refractivity contribution < 1.29 is 13.2 Å². The highest BCUT2D eigenvalue weighted by molar-refractivity contribution is 7.91. The Hall–Kier alpha value is -3.07. The van der Waals surface area contributed by atoms with Gasteiger partial charge in [0.15, 0.2) is 9.84 Å². The highest BCUT2D eigenvalue weighted by Gasteiger charge is 2.35. The fourth-order valence-corrected chi connectivity index (χ4v) is 6.64. The number of amides is 1. The van der Waals surface area contributed by atoms with Crippen molar-refractivity contribution in [3.8, 4) is 17.2 Å². The van der Waals surface area contributed by atoms with Crippen LogP contribution in [0.25, 0.3) is 17.2 Å². The summed E-state index contributed by atoms with van der Waals surface area (Å²) in [5.74, 6) is 0.547. The second kappa shape index (κ2) is 7.76. The fraction of sp³-hybridized carbons (Fsp3) is 0.417. The molecule has 170 valence electrons. The van der Waals surface area contributed by atoms with Crippen molar-refractivity contribution in [2.45, 2.75) is 50.5 Å². The highest BCUT2D eigenvalue weighted by Crippen LogP contribution is 2.42. The van der Waals surface area contributed by atoms with E-state index in [1.165, 1.54) is 5.56 Å². The van der Waals surface area contributed by atoms with Gasteiger partial charge in [0.25, 0.3) is 11.9 Å². The van der Waals surface area contributed by atoms with Crippen LogP contribution in [0.15, 0.2) is 36.7 Å². The Morgan fingerprint density at radius 1 is 1.06 bits per heavy atom. The summed E-state index contributed by atoms with van der Waals surface area (Å²) in [6.45, 7) is 0. The zero-order chi connectivity index (χ0) is 22.6. The third kappa shape index (κ3) is 3.84. The van der Waals surface area contributed by atoms with Gasteiger partial charge >= 0.3 is 0 Å². The van der Waals surface area contributed by atoms with Gasteiger partial charge in [0.2, 0.25) is 0 Å². The summed E-state index contributed by atoms with van der Waals surface area (Å²) >= 11 is 0. The molecule has 0 unspecified atom stereocenters. The standard InChI is InChI=1S/C24H25N5O3S/c30-23(27-18-10-11-33(31,32)14-18)20-13-26-29(22(20)16-8-9-16)24-25-12-17-6-3-5-15-4-1-2-7-19(15)21(17)28-24/h1-2,4,7,12-13,16,18H,3,5-6,8-11,14H2,(H,27,30)/t18-/m1/s1. The highest BCUT2D eigenvalue weighted by atomic mass is 32.2. The normalized spacial score (nSPS) is 21.2. The molecular formula is C24H25N5O3S. The second-order valence-electron chi connectivity index (χ2n) is 9.26. The third-order valence-electron chi connectivity index (χ3n) is 6.79. The lowest BCUT2D eigenvalue weighted by Crippen LogP contribution is -2.36. The first-order valence-corrected chi connectivity index (χ1v) is 13.3. The van der Waals surface area contributed by atoms with Gasteiger partial charge in [-0.1, -0.05) is 24.3 Å². The van der Waals surface area contributed by atoms with Gasteiger partial charge < -0.3 is 5.32 Å². The lowest BCUT2D eigenvalue weighted by molar-refractivity contribution is 0.0940. The smallest absolute Gasteiger partial charge is 0.255 e. The van der Waals surface area contributed by atoms with E-state index in [4.69, 9.17) is 4.98 Å². The van der Waals surface area contributed by atoms with E-state index < -0.39 is 9.84 Å². The van der Waals surface area contributed by atoms with Gasteiger partial charge in [-0.2, -0.15) is 5.10 Å². The minimum Gasteiger partial charge on any atom is -0.348 e. The molecule has 3 heterocycles. The molecule has 0 radical (unpaired) electrons. The minimum atomic E-state index is -3.07. The van der Waals surface area contributed by atoms with E-state index in [0.717, 1.165) is 54.6 Å². The Bertz CT molecular complexity index is 1360. The molecule has 1 saturated heterocycles. The number of carbonyl (C=O) groups excluding carboxylic acids is 1. The number of hydrogen-bond donors (Lipinski definition) is 1. The van der Waals surface area contributed by atoms with Crippen LogP contribution < -0.4 is 5.32 Å². The largest absolute Gasteiger partial charge is 0.348 e. The third-order valence-corrected chi connectivity index (χ3v) is 8.56. The minimum absolute atomic E-state index is 0.00101. The average molecular weight is 464 g/mol. The maximum Gasteiger partial charge on any atom is 0.255 e. The summed E-state index contributed by atoms with van der Waals surface area (Å²) in [6.07, 6.45) is 8.87. The molecule has 0 bridgehead atoms. The van der Waals surface area contributed by atoms with Crippen molar-refractivity contribution in [1.82, 2.24) is 25.1 Å². The first-order chi connectivity index (χ1) is 16.0. The molecule has 2 aliphatic carbocycles. The van der Waals surface area contributed by atoms with Gasteiger partial charge in [0, 0.05) is 23.7 Å². The fourth-order valence-electron chi connectivity index (χ4n) is 4.97. The summed E-state index contributed by atoms with van der Waals surface area (Å²) in [7, 11) is -3.07. The number of fused-ring (bicyclic) bond motifs is 3. The predicted octanol–water partition coefficient (Wildman–Crippen LogP) is 2.61. The molecule has 1 N–H and O–H groups in total. The van der Waals surface area contributed by atoms with Crippen LogP contribution in [-0.2, 0) is 22.7 Å². The lowest BCUT2D eigenvalue weighted by Gasteiger charge is -2.13. The molecule has 0 spiro atoms. The van der Waals surface area contributed by atoms with Gasteiger partial charge in [-0.05, 0) is 49.7 Å². The quantitative estimate of drug-likeness (QED) is 0.637. The zero-order valence-electron chi connectivity index (χ0n) is 18.2.